The zero-order valence-corrected chi connectivity index (χ0v) is 9.97. The summed E-state index contributed by atoms with van der Waals surface area (Å²) >= 11 is 0. The highest BCUT2D eigenvalue weighted by molar-refractivity contribution is 5.15. The van der Waals surface area contributed by atoms with Crippen LogP contribution in [0.15, 0.2) is 34.9 Å². The first-order valence-electron chi connectivity index (χ1n) is 5.85. The maximum absolute atomic E-state index is 5.67. The van der Waals surface area contributed by atoms with E-state index in [1.807, 2.05) is 25.1 Å². The van der Waals surface area contributed by atoms with Gasteiger partial charge >= 0.3 is 0 Å². The third kappa shape index (κ3) is 3.67. The van der Waals surface area contributed by atoms with Gasteiger partial charge in [-0.25, -0.2) is 0 Å². The summed E-state index contributed by atoms with van der Waals surface area (Å²) < 4.78 is 5.12. The van der Waals surface area contributed by atoms with Gasteiger partial charge in [-0.05, 0) is 18.9 Å². The van der Waals surface area contributed by atoms with Gasteiger partial charge in [-0.15, -0.1) is 0 Å². The number of rotatable bonds is 5. The number of nitrogens with two attached hydrogens (primary N) is 1. The molecule has 0 aliphatic rings. The Morgan fingerprint density at radius 1 is 1.24 bits per heavy atom. The molecule has 1 heterocycles. The summed E-state index contributed by atoms with van der Waals surface area (Å²) in [6.07, 6.45) is 2.36. The summed E-state index contributed by atoms with van der Waals surface area (Å²) in [6.45, 7) is 1.92. The fourth-order valence-electron chi connectivity index (χ4n) is 1.65. The lowest BCUT2D eigenvalue weighted by molar-refractivity contribution is 0.366. The van der Waals surface area contributed by atoms with E-state index in [1.165, 1.54) is 5.56 Å². The molecule has 0 saturated carbocycles. The number of nitrogens with zero attached hydrogens (tertiary/aromatic N) is 2. The second-order valence-corrected chi connectivity index (χ2v) is 4.27. The number of hydrogen-bond acceptors (Lipinski definition) is 4. The maximum atomic E-state index is 5.67. The van der Waals surface area contributed by atoms with E-state index in [9.17, 15) is 0 Å². The highest BCUT2D eigenvalue weighted by atomic mass is 16.5. The molecule has 90 valence electrons. The van der Waals surface area contributed by atoms with E-state index in [4.69, 9.17) is 10.3 Å². The standard InChI is InChI=1S/C13H17N3O/c1-10(14)9-13-15-12(16-17-13)8-7-11-5-3-2-4-6-11/h2-6,10H,7-9,14H2,1H3. The molecule has 0 fully saturated rings. The quantitative estimate of drug-likeness (QED) is 0.851. The molecule has 0 aliphatic carbocycles. The van der Waals surface area contributed by atoms with Crippen molar-refractivity contribution in [3.63, 3.8) is 0 Å². The van der Waals surface area contributed by atoms with Crippen LogP contribution in [0.1, 0.15) is 24.2 Å². The van der Waals surface area contributed by atoms with E-state index in [2.05, 4.69) is 22.3 Å². The molecule has 0 saturated heterocycles. The molecule has 17 heavy (non-hydrogen) atoms. The van der Waals surface area contributed by atoms with Crippen molar-refractivity contribution in [3.05, 3.63) is 47.6 Å². The first-order valence-corrected chi connectivity index (χ1v) is 5.85. The summed E-state index contributed by atoms with van der Waals surface area (Å²) in [5.74, 6) is 1.38. The Kier molecular flexibility index (Phi) is 3.88. The fourth-order valence-corrected chi connectivity index (χ4v) is 1.65. The Hall–Kier alpha value is -1.68. The van der Waals surface area contributed by atoms with Crippen molar-refractivity contribution in [2.75, 3.05) is 0 Å². The molecule has 0 bridgehead atoms. The summed E-state index contributed by atoms with van der Waals surface area (Å²) in [4.78, 5) is 4.31. The summed E-state index contributed by atoms with van der Waals surface area (Å²) in [6, 6.07) is 10.3. The van der Waals surface area contributed by atoms with Crippen LogP contribution in [0.3, 0.4) is 0 Å². The largest absolute Gasteiger partial charge is 0.339 e. The van der Waals surface area contributed by atoms with Crippen LogP contribution in [0.2, 0.25) is 0 Å². The second kappa shape index (κ2) is 5.59. The topological polar surface area (TPSA) is 64.9 Å². The minimum atomic E-state index is 0.0532. The van der Waals surface area contributed by atoms with Crippen LogP contribution in [0.25, 0.3) is 0 Å². The minimum absolute atomic E-state index is 0.0532. The molecule has 4 nitrogen and oxygen atoms in total. The van der Waals surface area contributed by atoms with Crippen molar-refractivity contribution < 1.29 is 4.52 Å². The SMILES string of the molecule is CC(N)Cc1nc(CCc2ccccc2)no1. The van der Waals surface area contributed by atoms with Crippen molar-refractivity contribution in [3.8, 4) is 0 Å². The van der Waals surface area contributed by atoms with Crippen LogP contribution >= 0.6 is 0 Å². The van der Waals surface area contributed by atoms with Gasteiger partial charge in [0.15, 0.2) is 5.82 Å². The lowest BCUT2D eigenvalue weighted by Crippen LogP contribution is -2.17. The predicted octanol–water partition coefficient (Wildman–Crippen LogP) is 1.74. The molecule has 1 aromatic carbocycles. The lowest BCUT2D eigenvalue weighted by atomic mass is 10.1. The van der Waals surface area contributed by atoms with Crippen LogP contribution in [-0.2, 0) is 19.3 Å². The molecule has 0 radical (unpaired) electrons. The molecule has 1 aromatic heterocycles. The van der Waals surface area contributed by atoms with E-state index >= 15 is 0 Å². The van der Waals surface area contributed by atoms with Crippen LogP contribution in [0.5, 0.6) is 0 Å². The highest BCUT2D eigenvalue weighted by Crippen LogP contribution is 2.06. The smallest absolute Gasteiger partial charge is 0.228 e. The summed E-state index contributed by atoms with van der Waals surface area (Å²) in [5, 5.41) is 3.94. The Morgan fingerprint density at radius 2 is 2.00 bits per heavy atom. The Morgan fingerprint density at radius 3 is 2.71 bits per heavy atom. The van der Waals surface area contributed by atoms with Crippen molar-refractivity contribution in [2.24, 2.45) is 5.73 Å². The van der Waals surface area contributed by atoms with Crippen molar-refractivity contribution in [1.82, 2.24) is 10.1 Å². The molecule has 2 N–H and O–H groups in total. The Labute approximate surface area is 101 Å². The third-order valence-corrected chi connectivity index (χ3v) is 2.49. The molecular weight excluding hydrogens is 214 g/mol. The normalized spacial score (nSPS) is 12.6. The van der Waals surface area contributed by atoms with E-state index in [0.717, 1.165) is 18.7 Å². The molecule has 2 rings (SSSR count). The minimum Gasteiger partial charge on any atom is -0.339 e. The van der Waals surface area contributed by atoms with Gasteiger partial charge in [0, 0.05) is 18.9 Å². The van der Waals surface area contributed by atoms with E-state index in [0.29, 0.717) is 12.3 Å². The zero-order valence-electron chi connectivity index (χ0n) is 9.97. The molecule has 1 atom stereocenters. The van der Waals surface area contributed by atoms with Gasteiger partial charge in [-0.3, -0.25) is 0 Å². The van der Waals surface area contributed by atoms with E-state index in [1.54, 1.807) is 0 Å². The molecule has 0 amide bonds. The van der Waals surface area contributed by atoms with Crippen LogP contribution in [-0.4, -0.2) is 16.2 Å². The van der Waals surface area contributed by atoms with Gasteiger partial charge in [-0.1, -0.05) is 35.5 Å². The Balaban J connectivity index is 1.89. The molecule has 4 heteroatoms. The molecule has 0 aliphatic heterocycles. The van der Waals surface area contributed by atoms with Gasteiger partial charge in [0.2, 0.25) is 5.89 Å². The predicted molar refractivity (Wildman–Crippen MR) is 65.5 cm³/mol. The number of hydrogen-bond donors (Lipinski definition) is 1. The van der Waals surface area contributed by atoms with Crippen molar-refractivity contribution >= 4 is 0 Å². The Bertz CT molecular complexity index is 451. The van der Waals surface area contributed by atoms with Gasteiger partial charge in [-0.2, -0.15) is 4.98 Å². The van der Waals surface area contributed by atoms with Gasteiger partial charge in [0.05, 0.1) is 0 Å². The third-order valence-electron chi connectivity index (χ3n) is 2.49. The van der Waals surface area contributed by atoms with Crippen LogP contribution in [0, 0.1) is 0 Å². The molecular formula is C13H17N3O. The lowest BCUT2D eigenvalue weighted by Gasteiger charge is -1.97. The van der Waals surface area contributed by atoms with E-state index in [-0.39, 0.29) is 6.04 Å². The first kappa shape index (κ1) is 11.8. The number of aromatic nitrogens is 2. The van der Waals surface area contributed by atoms with Crippen LogP contribution < -0.4 is 5.73 Å². The average Bonchev–Trinajstić information content (AvgIpc) is 2.75. The fraction of sp³-hybridized carbons (Fsp3) is 0.385. The van der Waals surface area contributed by atoms with E-state index < -0.39 is 0 Å². The highest BCUT2D eigenvalue weighted by Gasteiger charge is 2.08. The summed E-state index contributed by atoms with van der Waals surface area (Å²) in [5.41, 5.74) is 6.95. The maximum Gasteiger partial charge on any atom is 0.228 e. The number of benzene rings is 1. The number of aryl methyl sites for hydroxylation is 2. The van der Waals surface area contributed by atoms with Gasteiger partial charge in [0.1, 0.15) is 0 Å². The van der Waals surface area contributed by atoms with Crippen molar-refractivity contribution in [2.45, 2.75) is 32.2 Å². The van der Waals surface area contributed by atoms with Crippen LogP contribution in [0.4, 0.5) is 0 Å². The van der Waals surface area contributed by atoms with Gasteiger partial charge in [0.25, 0.3) is 0 Å². The van der Waals surface area contributed by atoms with Gasteiger partial charge < -0.3 is 10.3 Å². The van der Waals surface area contributed by atoms with Crippen molar-refractivity contribution in [1.29, 1.82) is 0 Å². The monoisotopic (exact) mass is 231 g/mol. The first-order chi connectivity index (χ1) is 8.24. The average molecular weight is 231 g/mol. The molecule has 0 spiro atoms. The molecule has 1 unspecified atom stereocenters. The zero-order chi connectivity index (χ0) is 12.1. The second-order valence-electron chi connectivity index (χ2n) is 4.27. The molecule has 2 aromatic rings. The summed E-state index contributed by atoms with van der Waals surface area (Å²) in [7, 11) is 0.